The van der Waals surface area contributed by atoms with Crippen molar-refractivity contribution in [1.29, 1.82) is 0 Å². The Labute approximate surface area is 138 Å². The summed E-state index contributed by atoms with van der Waals surface area (Å²) in [6.07, 6.45) is 0.471. The van der Waals surface area contributed by atoms with Crippen LogP contribution in [0.15, 0.2) is 42.5 Å². The van der Waals surface area contributed by atoms with Crippen LogP contribution in [0.5, 0.6) is 11.5 Å². The van der Waals surface area contributed by atoms with Gasteiger partial charge >= 0.3 is 0 Å². The average Bonchev–Trinajstić information content (AvgIpc) is 2.61. The fourth-order valence-electron chi connectivity index (χ4n) is 2.94. The molecule has 0 saturated carbocycles. The molecule has 0 aliphatic carbocycles. The van der Waals surface area contributed by atoms with Crippen molar-refractivity contribution in [3.05, 3.63) is 53.6 Å². The maximum atomic E-state index is 12.5. The Balaban J connectivity index is 1.50. The molecule has 6 heteroatoms. The smallest absolute Gasteiger partial charge is 0.252 e. The first-order chi connectivity index (χ1) is 11.7. The Morgan fingerprint density at radius 3 is 2.75 bits per heavy atom. The summed E-state index contributed by atoms with van der Waals surface area (Å²) in [7, 11) is 0. The molecule has 0 spiro atoms. The standard InChI is InChI=1S/C18H16N2O4/c21-17-13-4-2-1-3-11(13)9-14(20-17)18(22)19-12-5-6-15-16(10-12)24-8-7-23-15/h1-6,10,14H,7-9H2,(H,19,22)(H,20,21). The van der Waals surface area contributed by atoms with Gasteiger partial charge in [-0.3, -0.25) is 9.59 Å². The summed E-state index contributed by atoms with van der Waals surface area (Å²) >= 11 is 0. The van der Waals surface area contributed by atoms with E-state index in [0.29, 0.717) is 42.4 Å². The number of hydrogen-bond donors (Lipinski definition) is 2. The number of nitrogens with one attached hydrogen (secondary N) is 2. The molecular formula is C18H16N2O4. The van der Waals surface area contributed by atoms with Crippen LogP contribution in [0.3, 0.4) is 0 Å². The zero-order valence-corrected chi connectivity index (χ0v) is 12.9. The first kappa shape index (κ1) is 14.6. The van der Waals surface area contributed by atoms with Crippen molar-refractivity contribution in [1.82, 2.24) is 5.32 Å². The molecule has 1 unspecified atom stereocenters. The highest BCUT2D eigenvalue weighted by Gasteiger charge is 2.28. The van der Waals surface area contributed by atoms with Crippen LogP contribution >= 0.6 is 0 Å². The molecular weight excluding hydrogens is 308 g/mol. The van der Waals surface area contributed by atoms with Crippen molar-refractivity contribution in [2.24, 2.45) is 0 Å². The molecule has 2 aromatic carbocycles. The largest absolute Gasteiger partial charge is 0.486 e. The summed E-state index contributed by atoms with van der Waals surface area (Å²) in [6, 6.07) is 12.0. The third-order valence-corrected chi connectivity index (χ3v) is 4.12. The molecule has 2 aromatic rings. The van der Waals surface area contributed by atoms with E-state index in [0.717, 1.165) is 5.56 Å². The fourth-order valence-corrected chi connectivity index (χ4v) is 2.94. The highest BCUT2D eigenvalue weighted by molar-refractivity contribution is 6.03. The highest BCUT2D eigenvalue weighted by Crippen LogP contribution is 2.32. The quantitative estimate of drug-likeness (QED) is 0.882. The average molecular weight is 324 g/mol. The lowest BCUT2D eigenvalue weighted by Gasteiger charge is -2.25. The number of anilines is 1. The van der Waals surface area contributed by atoms with E-state index in [4.69, 9.17) is 9.47 Å². The van der Waals surface area contributed by atoms with Crippen LogP contribution in [0.2, 0.25) is 0 Å². The van der Waals surface area contributed by atoms with E-state index in [1.54, 1.807) is 24.3 Å². The molecule has 0 radical (unpaired) electrons. The summed E-state index contributed by atoms with van der Waals surface area (Å²) in [5.41, 5.74) is 2.11. The number of ether oxygens (including phenoxy) is 2. The predicted octanol–water partition coefficient (Wildman–Crippen LogP) is 1.75. The SMILES string of the molecule is O=C1NC(C(=O)Nc2ccc3c(c2)OCCO3)Cc2ccccc21. The van der Waals surface area contributed by atoms with Gasteiger partial charge in [-0.1, -0.05) is 18.2 Å². The van der Waals surface area contributed by atoms with Crippen molar-refractivity contribution in [3.63, 3.8) is 0 Å². The van der Waals surface area contributed by atoms with Crippen molar-refractivity contribution in [3.8, 4) is 11.5 Å². The number of hydrogen-bond acceptors (Lipinski definition) is 4. The molecule has 122 valence electrons. The second kappa shape index (κ2) is 5.88. The highest BCUT2D eigenvalue weighted by atomic mass is 16.6. The molecule has 4 rings (SSSR count). The Morgan fingerprint density at radius 1 is 1.08 bits per heavy atom. The van der Waals surface area contributed by atoms with Crippen molar-refractivity contribution in [2.75, 3.05) is 18.5 Å². The topological polar surface area (TPSA) is 76.7 Å². The molecule has 0 saturated heterocycles. The second-order valence-electron chi connectivity index (χ2n) is 5.74. The zero-order valence-electron chi connectivity index (χ0n) is 12.9. The van der Waals surface area contributed by atoms with E-state index >= 15 is 0 Å². The van der Waals surface area contributed by atoms with Gasteiger partial charge in [-0.15, -0.1) is 0 Å². The molecule has 2 aliphatic heterocycles. The molecule has 2 heterocycles. The minimum Gasteiger partial charge on any atom is -0.486 e. The third-order valence-electron chi connectivity index (χ3n) is 4.12. The number of rotatable bonds is 2. The van der Waals surface area contributed by atoms with Gasteiger partial charge in [0.1, 0.15) is 19.3 Å². The van der Waals surface area contributed by atoms with Gasteiger partial charge in [0, 0.05) is 23.7 Å². The van der Waals surface area contributed by atoms with Gasteiger partial charge in [-0.05, 0) is 23.8 Å². The Morgan fingerprint density at radius 2 is 1.88 bits per heavy atom. The number of benzene rings is 2. The van der Waals surface area contributed by atoms with E-state index in [2.05, 4.69) is 10.6 Å². The van der Waals surface area contributed by atoms with Gasteiger partial charge in [0.05, 0.1) is 0 Å². The monoisotopic (exact) mass is 324 g/mol. The summed E-state index contributed by atoms with van der Waals surface area (Å²) in [6.45, 7) is 1.01. The predicted molar refractivity (Wildman–Crippen MR) is 87.5 cm³/mol. The van der Waals surface area contributed by atoms with Gasteiger partial charge < -0.3 is 20.1 Å². The molecule has 24 heavy (non-hydrogen) atoms. The lowest BCUT2D eigenvalue weighted by atomic mass is 9.95. The van der Waals surface area contributed by atoms with E-state index in [-0.39, 0.29) is 11.8 Å². The van der Waals surface area contributed by atoms with Gasteiger partial charge in [0.15, 0.2) is 11.5 Å². The lowest BCUT2D eigenvalue weighted by Crippen LogP contribution is -2.48. The number of fused-ring (bicyclic) bond motifs is 2. The third kappa shape index (κ3) is 2.67. The van der Waals surface area contributed by atoms with Crippen molar-refractivity contribution in [2.45, 2.75) is 12.5 Å². The van der Waals surface area contributed by atoms with Crippen LogP contribution in [-0.4, -0.2) is 31.1 Å². The van der Waals surface area contributed by atoms with Gasteiger partial charge in [-0.2, -0.15) is 0 Å². The fraction of sp³-hybridized carbons (Fsp3) is 0.222. The number of carbonyl (C=O) groups is 2. The molecule has 2 N–H and O–H groups in total. The van der Waals surface area contributed by atoms with E-state index in [1.165, 1.54) is 0 Å². The summed E-state index contributed by atoms with van der Waals surface area (Å²) in [5, 5.41) is 5.57. The number of amides is 2. The molecule has 2 amide bonds. The first-order valence-electron chi connectivity index (χ1n) is 7.80. The minimum absolute atomic E-state index is 0.223. The van der Waals surface area contributed by atoms with Crippen LogP contribution in [0.4, 0.5) is 5.69 Å². The van der Waals surface area contributed by atoms with Gasteiger partial charge in [0.2, 0.25) is 5.91 Å². The van der Waals surface area contributed by atoms with Crippen LogP contribution < -0.4 is 20.1 Å². The van der Waals surface area contributed by atoms with Crippen molar-refractivity contribution >= 4 is 17.5 Å². The minimum atomic E-state index is -0.597. The first-order valence-corrected chi connectivity index (χ1v) is 7.80. The molecule has 0 bridgehead atoms. The molecule has 0 aromatic heterocycles. The molecule has 2 aliphatic rings. The van der Waals surface area contributed by atoms with Crippen LogP contribution in [0.1, 0.15) is 15.9 Å². The Hall–Kier alpha value is -3.02. The zero-order chi connectivity index (χ0) is 16.5. The van der Waals surface area contributed by atoms with E-state index in [1.807, 2.05) is 18.2 Å². The summed E-state index contributed by atoms with van der Waals surface area (Å²) < 4.78 is 11.0. The second-order valence-corrected chi connectivity index (χ2v) is 5.74. The van der Waals surface area contributed by atoms with Crippen molar-refractivity contribution < 1.29 is 19.1 Å². The van der Waals surface area contributed by atoms with E-state index in [9.17, 15) is 9.59 Å². The maximum absolute atomic E-state index is 12.5. The summed E-state index contributed by atoms with van der Waals surface area (Å²) in [5.74, 6) is 0.796. The Bertz CT molecular complexity index is 818. The van der Waals surface area contributed by atoms with Gasteiger partial charge in [-0.25, -0.2) is 0 Å². The molecule has 0 fully saturated rings. The van der Waals surface area contributed by atoms with Crippen LogP contribution in [-0.2, 0) is 11.2 Å². The Kier molecular flexibility index (Phi) is 3.57. The summed E-state index contributed by atoms with van der Waals surface area (Å²) in [4.78, 5) is 24.6. The number of carbonyl (C=O) groups excluding carboxylic acids is 2. The molecule has 6 nitrogen and oxygen atoms in total. The van der Waals surface area contributed by atoms with Crippen LogP contribution in [0.25, 0.3) is 0 Å². The van der Waals surface area contributed by atoms with Gasteiger partial charge in [0.25, 0.3) is 5.91 Å². The molecule has 1 atom stereocenters. The normalized spacial score (nSPS) is 18.3. The van der Waals surface area contributed by atoms with E-state index < -0.39 is 6.04 Å². The lowest BCUT2D eigenvalue weighted by molar-refractivity contribution is -0.118. The van der Waals surface area contributed by atoms with Crippen LogP contribution in [0, 0.1) is 0 Å². The maximum Gasteiger partial charge on any atom is 0.252 e.